The Morgan fingerprint density at radius 2 is 2.07 bits per heavy atom. The number of carbonyl (C=O) groups excluding carboxylic acids is 1. The molecule has 2 aliphatic rings. The summed E-state index contributed by atoms with van der Waals surface area (Å²) in [6.07, 6.45) is 7.14. The summed E-state index contributed by atoms with van der Waals surface area (Å²) in [5.74, 6) is 0.844. The van der Waals surface area contributed by atoms with Gasteiger partial charge in [0.05, 0.1) is 18.2 Å². The van der Waals surface area contributed by atoms with E-state index < -0.39 is 0 Å². The Morgan fingerprint density at radius 1 is 1.32 bits per heavy atom. The Morgan fingerprint density at radius 3 is 2.75 bits per heavy atom. The molecule has 8 heteroatoms. The molecule has 1 saturated carbocycles. The molecule has 1 aromatic rings. The van der Waals surface area contributed by atoms with Gasteiger partial charge in [0, 0.05) is 44.5 Å². The van der Waals surface area contributed by atoms with Gasteiger partial charge in [-0.15, -0.1) is 11.3 Å². The van der Waals surface area contributed by atoms with Gasteiger partial charge >= 0.3 is 5.97 Å². The Balaban J connectivity index is 1.36. The number of ether oxygens (including phenoxy) is 1. The van der Waals surface area contributed by atoms with Crippen LogP contribution in [0.15, 0.2) is 10.4 Å². The topological polar surface area (TPSA) is 78.8 Å². The van der Waals surface area contributed by atoms with E-state index in [1.54, 1.807) is 18.4 Å². The molecule has 0 spiro atoms. The lowest BCUT2D eigenvalue weighted by Crippen LogP contribution is -2.45. The first-order valence-corrected chi connectivity index (χ1v) is 11.4. The first-order chi connectivity index (χ1) is 13.7. The normalized spacial score (nSPS) is 22.9. The molecular weight excluding hydrogens is 374 g/mol. The fraction of sp³-hybridized carbons (Fsp3) is 0.750. The molecule has 1 aliphatic carbocycles. The van der Waals surface area contributed by atoms with Crippen molar-refractivity contribution in [3.8, 4) is 0 Å². The summed E-state index contributed by atoms with van der Waals surface area (Å²) < 4.78 is 5.14. The van der Waals surface area contributed by atoms with E-state index >= 15 is 0 Å². The minimum Gasteiger partial charge on any atom is -0.466 e. The maximum absolute atomic E-state index is 11.9. The van der Waals surface area contributed by atoms with Crippen molar-refractivity contribution in [3.63, 3.8) is 0 Å². The van der Waals surface area contributed by atoms with E-state index in [4.69, 9.17) is 9.72 Å². The number of nitrogens with one attached hydrogen (secondary N) is 2. The third kappa shape index (κ3) is 5.83. The van der Waals surface area contributed by atoms with Gasteiger partial charge in [-0.3, -0.25) is 9.79 Å². The van der Waals surface area contributed by atoms with Crippen molar-refractivity contribution in [2.24, 2.45) is 10.9 Å². The molecule has 28 heavy (non-hydrogen) atoms. The van der Waals surface area contributed by atoms with Crippen LogP contribution in [-0.2, 0) is 16.0 Å². The highest BCUT2D eigenvalue weighted by molar-refractivity contribution is 7.13. The van der Waals surface area contributed by atoms with E-state index in [1.165, 1.54) is 12.8 Å². The second kappa shape index (κ2) is 10.6. The summed E-state index contributed by atoms with van der Waals surface area (Å²) >= 11 is 1.75. The number of thiazole rings is 1. The van der Waals surface area contributed by atoms with Gasteiger partial charge in [0.1, 0.15) is 0 Å². The lowest BCUT2D eigenvalue weighted by atomic mass is 9.86. The van der Waals surface area contributed by atoms with Crippen molar-refractivity contribution < 1.29 is 9.53 Å². The molecule has 1 saturated heterocycles. The number of nitrogens with zero attached hydrogens (tertiary/aromatic N) is 3. The zero-order chi connectivity index (χ0) is 19.8. The number of esters is 1. The van der Waals surface area contributed by atoms with Crippen molar-refractivity contribution >= 4 is 28.4 Å². The van der Waals surface area contributed by atoms with Crippen molar-refractivity contribution in [1.82, 2.24) is 15.6 Å². The van der Waals surface area contributed by atoms with Gasteiger partial charge in [0.25, 0.3) is 0 Å². The number of aliphatic imine (C=N–C) groups is 1. The molecule has 0 amide bonds. The van der Waals surface area contributed by atoms with E-state index in [9.17, 15) is 4.79 Å². The number of hydrogen-bond donors (Lipinski definition) is 2. The molecular formula is C20H33N5O2S. The second-order valence-electron chi connectivity index (χ2n) is 7.51. The maximum Gasteiger partial charge on any atom is 0.308 e. The van der Waals surface area contributed by atoms with Crippen LogP contribution in [0.1, 0.15) is 51.1 Å². The van der Waals surface area contributed by atoms with Gasteiger partial charge in [-0.25, -0.2) is 4.98 Å². The van der Waals surface area contributed by atoms with Crippen LogP contribution in [0.2, 0.25) is 0 Å². The third-order valence-electron chi connectivity index (χ3n) is 5.50. The molecule has 1 aromatic heterocycles. The summed E-state index contributed by atoms with van der Waals surface area (Å²) in [6.45, 7) is 5.41. The van der Waals surface area contributed by atoms with E-state index in [0.29, 0.717) is 12.6 Å². The van der Waals surface area contributed by atoms with Crippen LogP contribution in [0.5, 0.6) is 0 Å². The summed E-state index contributed by atoms with van der Waals surface area (Å²) in [4.78, 5) is 23.4. The zero-order valence-electron chi connectivity index (χ0n) is 17.1. The average molecular weight is 408 g/mol. The van der Waals surface area contributed by atoms with Crippen LogP contribution >= 0.6 is 11.3 Å². The number of carbonyl (C=O) groups is 1. The molecule has 1 aliphatic heterocycles. The standard InChI is InChI=1S/C20H33N5O2S/c1-3-27-18(26)15-6-8-16(9-7-15)23-19(21-2)22-11-10-17-14-28-20(24-17)25-12-4-5-13-25/h14-16H,3-13H2,1-2H3,(H2,21,22,23). The number of guanidine groups is 1. The Kier molecular flexibility index (Phi) is 7.94. The number of hydrogen-bond acceptors (Lipinski definition) is 6. The first-order valence-electron chi connectivity index (χ1n) is 10.5. The maximum atomic E-state index is 11.9. The lowest BCUT2D eigenvalue weighted by molar-refractivity contribution is -0.149. The van der Waals surface area contributed by atoms with Crippen LogP contribution in [-0.4, -0.2) is 56.2 Å². The van der Waals surface area contributed by atoms with E-state index in [-0.39, 0.29) is 11.9 Å². The molecule has 2 fully saturated rings. The van der Waals surface area contributed by atoms with Crippen LogP contribution in [0.4, 0.5) is 5.13 Å². The van der Waals surface area contributed by atoms with Gasteiger partial charge in [-0.2, -0.15) is 0 Å². The van der Waals surface area contributed by atoms with E-state index in [2.05, 4.69) is 25.9 Å². The quantitative estimate of drug-likeness (QED) is 0.411. The summed E-state index contributed by atoms with van der Waals surface area (Å²) in [5, 5.41) is 10.2. The van der Waals surface area contributed by atoms with Gasteiger partial charge in [0.15, 0.2) is 11.1 Å². The Labute approximate surface area is 172 Å². The Bertz CT molecular complexity index is 649. The summed E-state index contributed by atoms with van der Waals surface area (Å²) in [5.41, 5.74) is 1.14. The monoisotopic (exact) mass is 407 g/mol. The predicted octanol–water partition coefficient (Wildman–Crippen LogP) is 2.57. The predicted molar refractivity (Wildman–Crippen MR) is 114 cm³/mol. The number of rotatable bonds is 7. The molecule has 0 atom stereocenters. The van der Waals surface area contributed by atoms with Gasteiger partial charge in [0.2, 0.25) is 0 Å². The summed E-state index contributed by atoms with van der Waals surface area (Å²) in [6, 6.07) is 0.359. The highest BCUT2D eigenvalue weighted by Crippen LogP contribution is 2.26. The molecule has 2 N–H and O–H groups in total. The van der Waals surface area contributed by atoms with Gasteiger partial charge < -0.3 is 20.3 Å². The Hall–Kier alpha value is -1.83. The number of anilines is 1. The molecule has 0 bridgehead atoms. The fourth-order valence-corrected chi connectivity index (χ4v) is 4.81. The second-order valence-corrected chi connectivity index (χ2v) is 8.35. The average Bonchev–Trinajstić information content (AvgIpc) is 3.39. The fourth-order valence-electron chi connectivity index (χ4n) is 3.90. The molecule has 7 nitrogen and oxygen atoms in total. The molecule has 0 aromatic carbocycles. The van der Waals surface area contributed by atoms with Crippen molar-refractivity contribution in [2.75, 3.05) is 38.2 Å². The smallest absolute Gasteiger partial charge is 0.308 e. The lowest BCUT2D eigenvalue weighted by Gasteiger charge is -2.29. The molecule has 2 heterocycles. The largest absolute Gasteiger partial charge is 0.466 e. The number of aromatic nitrogens is 1. The van der Waals surface area contributed by atoms with E-state index in [0.717, 1.165) is 68.5 Å². The highest BCUT2D eigenvalue weighted by atomic mass is 32.1. The molecule has 156 valence electrons. The van der Waals surface area contributed by atoms with Crippen LogP contribution in [0.3, 0.4) is 0 Å². The first kappa shape index (κ1) is 20.9. The van der Waals surface area contributed by atoms with Crippen molar-refractivity contribution in [2.45, 2.75) is 57.9 Å². The van der Waals surface area contributed by atoms with Gasteiger partial charge in [-0.05, 0) is 45.4 Å². The zero-order valence-corrected chi connectivity index (χ0v) is 17.9. The molecule has 0 unspecified atom stereocenters. The molecule has 3 rings (SSSR count). The highest BCUT2D eigenvalue weighted by Gasteiger charge is 2.27. The van der Waals surface area contributed by atoms with E-state index in [1.807, 2.05) is 6.92 Å². The van der Waals surface area contributed by atoms with Crippen LogP contribution in [0.25, 0.3) is 0 Å². The van der Waals surface area contributed by atoms with Crippen molar-refractivity contribution in [3.05, 3.63) is 11.1 Å². The van der Waals surface area contributed by atoms with Crippen molar-refractivity contribution in [1.29, 1.82) is 0 Å². The third-order valence-corrected chi connectivity index (χ3v) is 6.45. The minimum absolute atomic E-state index is 0.0416. The SMILES string of the molecule is CCOC(=O)C1CCC(NC(=NC)NCCc2csc(N3CCCC3)n2)CC1. The van der Waals surface area contributed by atoms with Crippen LogP contribution < -0.4 is 15.5 Å². The molecule has 0 radical (unpaired) electrons. The van der Waals surface area contributed by atoms with Crippen LogP contribution in [0, 0.1) is 5.92 Å². The van der Waals surface area contributed by atoms with Gasteiger partial charge in [-0.1, -0.05) is 0 Å². The minimum atomic E-state index is -0.0416. The summed E-state index contributed by atoms with van der Waals surface area (Å²) in [7, 11) is 1.80.